The van der Waals surface area contributed by atoms with Crippen molar-refractivity contribution in [3.63, 3.8) is 0 Å². The summed E-state index contributed by atoms with van der Waals surface area (Å²) in [5, 5.41) is 0. The lowest BCUT2D eigenvalue weighted by Gasteiger charge is -2.10. The van der Waals surface area contributed by atoms with E-state index in [2.05, 4.69) is 19.9 Å². The summed E-state index contributed by atoms with van der Waals surface area (Å²) >= 11 is 0. The molecule has 0 aliphatic rings. The zero-order valence-electron chi connectivity index (χ0n) is 14.9. The van der Waals surface area contributed by atoms with Crippen LogP contribution in [0.25, 0.3) is 22.4 Å². The smallest absolute Gasteiger partial charge is 0.334 e. The van der Waals surface area contributed by atoms with E-state index in [1.165, 1.54) is 12.3 Å². The Kier molecular flexibility index (Phi) is 4.67. The molecule has 0 atom stereocenters. The first kappa shape index (κ1) is 19.8. The maximum atomic E-state index is 13.5. The molecule has 3 heterocycles. The SMILES string of the molecule is FC(F)(F)c1nc2c(C(F)(F)F)cc(Cc3nccc(-c4ccccn4)n3)cc2[nH]1. The van der Waals surface area contributed by atoms with Crippen molar-refractivity contribution < 1.29 is 26.3 Å². The fourth-order valence-electron chi connectivity index (χ4n) is 2.95. The first-order chi connectivity index (χ1) is 14.1. The monoisotopic (exact) mass is 423 g/mol. The van der Waals surface area contributed by atoms with Crippen molar-refractivity contribution in [2.24, 2.45) is 0 Å². The molecule has 0 spiro atoms. The van der Waals surface area contributed by atoms with Gasteiger partial charge in [0.1, 0.15) is 11.3 Å². The normalized spacial score (nSPS) is 12.5. The third-order valence-corrected chi connectivity index (χ3v) is 4.22. The number of imidazole rings is 1. The van der Waals surface area contributed by atoms with Crippen molar-refractivity contribution in [3.8, 4) is 11.4 Å². The Morgan fingerprint density at radius 2 is 1.60 bits per heavy atom. The van der Waals surface area contributed by atoms with Gasteiger partial charge >= 0.3 is 12.4 Å². The minimum atomic E-state index is -4.90. The maximum absolute atomic E-state index is 13.5. The number of alkyl halides is 6. The molecule has 11 heteroatoms. The Morgan fingerprint density at radius 1 is 0.800 bits per heavy atom. The van der Waals surface area contributed by atoms with Gasteiger partial charge in [-0.3, -0.25) is 4.98 Å². The van der Waals surface area contributed by atoms with E-state index in [9.17, 15) is 26.3 Å². The molecule has 30 heavy (non-hydrogen) atoms. The van der Waals surface area contributed by atoms with Crippen LogP contribution in [0.15, 0.2) is 48.8 Å². The van der Waals surface area contributed by atoms with Gasteiger partial charge in [0.25, 0.3) is 0 Å². The van der Waals surface area contributed by atoms with Crippen molar-refractivity contribution in [2.75, 3.05) is 0 Å². The third-order valence-electron chi connectivity index (χ3n) is 4.22. The van der Waals surface area contributed by atoms with Crippen LogP contribution in [0.5, 0.6) is 0 Å². The molecule has 0 radical (unpaired) electrons. The highest BCUT2D eigenvalue weighted by atomic mass is 19.4. The lowest BCUT2D eigenvalue weighted by atomic mass is 10.1. The summed E-state index contributed by atoms with van der Waals surface area (Å²) in [4.78, 5) is 17.5. The van der Waals surface area contributed by atoms with Crippen LogP contribution >= 0.6 is 0 Å². The molecule has 0 saturated carbocycles. The summed E-state index contributed by atoms with van der Waals surface area (Å²) in [6, 6.07) is 8.73. The molecule has 0 bridgehead atoms. The molecule has 4 aromatic rings. The number of nitrogens with one attached hydrogen (secondary N) is 1. The van der Waals surface area contributed by atoms with Crippen LogP contribution in [-0.2, 0) is 18.8 Å². The van der Waals surface area contributed by atoms with E-state index < -0.39 is 29.3 Å². The second kappa shape index (κ2) is 7.08. The number of halogens is 6. The van der Waals surface area contributed by atoms with Crippen LogP contribution in [-0.4, -0.2) is 24.9 Å². The molecule has 0 aliphatic heterocycles. The zero-order valence-corrected chi connectivity index (χ0v) is 14.9. The highest BCUT2D eigenvalue weighted by molar-refractivity contribution is 5.80. The van der Waals surface area contributed by atoms with E-state index >= 15 is 0 Å². The van der Waals surface area contributed by atoms with Crippen molar-refractivity contribution in [3.05, 3.63) is 71.6 Å². The Labute approximate surface area is 164 Å². The number of aromatic amines is 1. The first-order valence-corrected chi connectivity index (χ1v) is 8.51. The van der Waals surface area contributed by atoms with Crippen LogP contribution in [0.2, 0.25) is 0 Å². The fourth-order valence-corrected chi connectivity index (χ4v) is 2.95. The number of hydrogen-bond acceptors (Lipinski definition) is 4. The summed E-state index contributed by atoms with van der Waals surface area (Å²) in [5.41, 5.74) is -1.31. The minimum absolute atomic E-state index is 0.0883. The molecular formula is C19H11F6N5. The van der Waals surface area contributed by atoms with Gasteiger partial charge in [0, 0.05) is 18.8 Å². The molecule has 5 nitrogen and oxygen atoms in total. The summed E-state index contributed by atoms with van der Waals surface area (Å²) < 4.78 is 79.1. The van der Waals surface area contributed by atoms with Crippen LogP contribution in [0.3, 0.4) is 0 Å². The Bertz CT molecular complexity index is 1200. The number of hydrogen-bond donors (Lipinski definition) is 1. The van der Waals surface area contributed by atoms with Gasteiger partial charge in [-0.05, 0) is 35.9 Å². The first-order valence-electron chi connectivity index (χ1n) is 8.51. The number of pyridine rings is 1. The molecule has 1 aromatic carbocycles. The molecule has 0 fully saturated rings. The van der Waals surface area contributed by atoms with Crippen LogP contribution in [0.4, 0.5) is 26.3 Å². The lowest BCUT2D eigenvalue weighted by molar-refractivity contribution is -0.144. The topological polar surface area (TPSA) is 67.3 Å². The van der Waals surface area contributed by atoms with Crippen molar-refractivity contribution >= 4 is 11.0 Å². The van der Waals surface area contributed by atoms with Crippen LogP contribution in [0, 0.1) is 0 Å². The Balaban J connectivity index is 1.76. The van der Waals surface area contributed by atoms with Crippen molar-refractivity contribution in [1.82, 2.24) is 24.9 Å². The van der Waals surface area contributed by atoms with Gasteiger partial charge in [0.2, 0.25) is 5.82 Å². The Morgan fingerprint density at radius 3 is 2.27 bits per heavy atom. The van der Waals surface area contributed by atoms with E-state index in [-0.39, 0.29) is 23.3 Å². The number of H-pyrrole nitrogens is 1. The molecule has 4 rings (SSSR count). The predicted molar refractivity (Wildman–Crippen MR) is 94.2 cm³/mol. The Hall–Kier alpha value is -3.50. The average Bonchev–Trinajstić information content (AvgIpc) is 3.12. The van der Waals surface area contributed by atoms with E-state index in [0.717, 1.165) is 6.07 Å². The highest BCUT2D eigenvalue weighted by Crippen LogP contribution is 2.37. The minimum Gasteiger partial charge on any atom is -0.334 e. The number of nitrogens with zero attached hydrogens (tertiary/aromatic N) is 4. The zero-order chi connectivity index (χ0) is 21.5. The standard InChI is InChI=1S/C19H11F6N5/c20-18(21,22)11-7-10(8-14-16(11)30-17(29-14)19(23,24)25)9-15-27-6-4-13(28-15)12-3-1-2-5-26-12/h1-8H,9H2,(H,29,30). The van der Waals surface area contributed by atoms with E-state index in [0.29, 0.717) is 11.4 Å². The molecule has 3 aromatic heterocycles. The number of fused-ring (bicyclic) bond motifs is 1. The summed E-state index contributed by atoms with van der Waals surface area (Å²) in [5.74, 6) is -1.30. The fraction of sp³-hybridized carbons (Fsp3) is 0.158. The molecular weight excluding hydrogens is 412 g/mol. The molecule has 0 amide bonds. The summed E-state index contributed by atoms with van der Waals surface area (Å²) in [6.45, 7) is 0. The maximum Gasteiger partial charge on any atom is 0.449 e. The number of aromatic nitrogens is 5. The van der Waals surface area contributed by atoms with Crippen LogP contribution < -0.4 is 0 Å². The second-order valence-corrected chi connectivity index (χ2v) is 6.37. The number of benzene rings is 1. The third kappa shape index (κ3) is 3.95. The predicted octanol–water partition coefficient (Wildman–Crippen LogP) is 5.04. The van der Waals surface area contributed by atoms with Crippen LogP contribution in [0.1, 0.15) is 22.8 Å². The van der Waals surface area contributed by atoms with Gasteiger partial charge in [0.15, 0.2) is 0 Å². The van der Waals surface area contributed by atoms with Crippen molar-refractivity contribution in [2.45, 2.75) is 18.8 Å². The van der Waals surface area contributed by atoms with Gasteiger partial charge in [0.05, 0.1) is 22.5 Å². The lowest BCUT2D eigenvalue weighted by Crippen LogP contribution is -2.09. The van der Waals surface area contributed by atoms with Gasteiger partial charge < -0.3 is 4.98 Å². The molecule has 154 valence electrons. The van der Waals surface area contributed by atoms with Gasteiger partial charge in [-0.15, -0.1) is 0 Å². The van der Waals surface area contributed by atoms with Gasteiger partial charge in [-0.2, -0.15) is 26.3 Å². The summed E-state index contributed by atoms with van der Waals surface area (Å²) in [7, 11) is 0. The number of rotatable bonds is 3. The van der Waals surface area contributed by atoms with Crippen molar-refractivity contribution in [1.29, 1.82) is 0 Å². The molecule has 1 N–H and O–H groups in total. The second-order valence-electron chi connectivity index (χ2n) is 6.37. The molecule has 0 aliphatic carbocycles. The van der Waals surface area contributed by atoms with E-state index in [1.54, 1.807) is 30.5 Å². The van der Waals surface area contributed by atoms with Gasteiger partial charge in [-0.1, -0.05) is 6.07 Å². The molecule has 0 saturated heterocycles. The molecule has 0 unspecified atom stereocenters. The largest absolute Gasteiger partial charge is 0.449 e. The van der Waals surface area contributed by atoms with Gasteiger partial charge in [-0.25, -0.2) is 15.0 Å². The summed E-state index contributed by atoms with van der Waals surface area (Å²) in [6.07, 6.45) is -6.91. The average molecular weight is 423 g/mol. The quantitative estimate of drug-likeness (QED) is 0.469. The van der Waals surface area contributed by atoms with E-state index in [4.69, 9.17) is 0 Å². The van der Waals surface area contributed by atoms with E-state index in [1.807, 2.05) is 4.98 Å². The highest BCUT2D eigenvalue weighted by Gasteiger charge is 2.39.